The lowest BCUT2D eigenvalue weighted by Crippen LogP contribution is -2.21. The molecule has 2 rings (SSSR count). The number of Topliss-reactive ketones (excluding diaryl/α,β-unsaturated/α-hetero) is 1. The molecule has 0 aliphatic carbocycles. The first-order valence-corrected chi connectivity index (χ1v) is 8.00. The number of ketones is 1. The van der Waals surface area contributed by atoms with Crippen LogP contribution in [0.25, 0.3) is 0 Å². The number of aromatic hydroxyl groups is 1. The van der Waals surface area contributed by atoms with Crippen molar-refractivity contribution >= 4 is 17.9 Å². The summed E-state index contributed by atoms with van der Waals surface area (Å²) in [5.74, 6) is -0.568. The van der Waals surface area contributed by atoms with Crippen molar-refractivity contribution in [2.45, 2.75) is 32.6 Å². The van der Waals surface area contributed by atoms with Gasteiger partial charge in [-0.3, -0.25) is 9.59 Å². The topological polar surface area (TPSA) is 78.8 Å². The second kappa shape index (κ2) is 7.75. The average Bonchev–Trinajstić information content (AvgIpc) is 2.56. The number of nitrogens with zero attached hydrogens (tertiary/aromatic N) is 1. The highest BCUT2D eigenvalue weighted by molar-refractivity contribution is 6.07. The van der Waals surface area contributed by atoms with Gasteiger partial charge in [-0.05, 0) is 40.8 Å². The lowest BCUT2D eigenvalue weighted by Gasteiger charge is -2.18. The Hall–Kier alpha value is -2.95. The minimum Gasteiger partial charge on any atom is -0.508 e. The van der Waals surface area contributed by atoms with E-state index in [4.69, 9.17) is 0 Å². The molecule has 2 N–H and O–H groups in total. The van der Waals surface area contributed by atoms with Gasteiger partial charge in [-0.2, -0.15) is 5.10 Å². The SMILES string of the molecule is CC(C)(C)c1ccc(C(=O)CC(=O)N/N=C/c2ccc(O)cc2)cc1. The molecule has 1 amide bonds. The lowest BCUT2D eigenvalue weighted by molar-refractivity contribution is -0.120. The van der Waals surface area contributed by atoms with Crippen LogP contribution in [0.2, 0.25) is 0 Å². The van der Waals surface area contributed by atoms with Crippen molar-refractivity contribution in [3.8, 4) is 5.75 Å². The summed E-state index contributed by atoms with van der Waals surface area (Å²) in [7, 11) is 0. The molecular formula is C20H22N2O3. The Labute approximate surface area is 147 Å². The zero-order valence-electron chi connectivity index (χ0n) is 14.6. The van der Waals surface area contributed by atoms with Crippen LogP contribution in [0.5, 0.6) is 5.75 Å². The maximum Gasteiger partial charge on any atom is 0.247 e. The van der Waals surface area contributed by atoms with Crippen LogP contribution >= 0.6 is 0 Å². The number of carbonyl (C=O) groups excluding carboxylic acids is 2. The van der Waals surface area contributed by atoms with Gasteiger partial charge in [0, 0.05) is 5.56 Å². The predicted molar refractivity (Wildman–Crippen MR) is 97.9 cm³/mol. The zero-order chi connectivity index (χ0) is 18.4. The average molecular weight is 338 g/mol. The monoisotopic (exact) mass is 338 g/mol. The summed E-state index contributed by atoms with van der Waals surface area (Å²) in [5.41, 5.74) is 4.71. The summed E-state index contributed by atoms with van der Waals surface area (Å²) in [6, 6.07) is 13.7. The second-order valence-corrected chi connectivity index (χ2v) is 6.81. The van der Waals surface area contributed by atoms with Crippen molar-refractivity contribution in [2.75, 3.05) is 0 Å². The molecule has 0 aromatic heterocycles. The third-order valence-electron chi connectivity index (χ3n) is 3.69. The lowest BCUT2D eigenvalue weighted by atomic mass is 9.86. The molecule has 2 aromatic carbocycles. The van der Waals surface area contributed by atoms with Gasteiger partial charge < -0.3 is 5.11 Å². The molecule has 0 bridgehead atoms. The van der Waals surface area contributed by atoms with E-state index in [0.29, 0.717) is 5.56 Å². The molecule has 0 aliphatic rings. The van der Waals surface area contributed by atoms with Gasteiger partial charge in [0.1, 0.15) is 5.75 Å². The van der Waals surface area contributed by atoms with Crippen LogP contribution in [-0.4, -0.2) is 23.0 Å². The predicted octanol–water partition coefficient (Wildman–Crippen LogP) is 3.41. The molecule has 0 spiro atoms. The minimum absolute atomic E-state index is 0.0158. The fourth-order valence-corrected chi connectivity index (χ4v) is 2.18. The summed E-state index contributed by atoms with van der Waals surface area (Å²) in [6.45, 7) is 6.30. The Morgan fingerprint density at radius 3 is 2.20 bits per heavy atom. The number of amides is 1. The molecule has 130 valence electrons. The fourth-order valence-electron chi connectivity index (χ4n) is 2.18. The number of hydrogen-bond acceptors (Lipinski definition) is 4. The highest BCUT2D eigenvalue weighted by Crippen LogP contribution is 2.22. The van der Waals surface area contributed by atoms with Gasteiger partial charge in [-0.1, -0.05) is 45.0 Å². The zero-order valence-corrected chi connectivity index (χ0v) is 14.6. The molecule has 0 saturated carbocycles. The van der Waals surface area contributed by atoms with Crippen LogP contribution in [-0.2, 0) is 10.2 Å². The number of hydrazone groups is 1. The summed E-state index contributed by atoms with van der Waals surface area (Å²) in [5, 5.41) is 13.0. The van der Waals surface area contributed by atoms with Gasteiger partial charge in [-0.25, -0.2) is 5.43 Å². The Bertz CT molecular complexity index is 770. The number of benzene rings is 2. The van der Waals surface area contributed by atoms with Crippen LogP contribution in [0.4, 0.5) is 0 Å². The summed E-state index contributed by atoms with van der Waals surface area (Å²) < 4.78 is 0. The first-order valence-electron chi connectivity index (χ1n) is 8.00. The molecule has 5 heteroatoms. The smallest absolute Gasteiger partial charge is 0.247 e. The third-order valence-corrected chi connectivity index (χ3v) is 3.69. The maximum absolute atomic E-state index is 12.1. The molecule has 0 saturated heterocycles. The number of phenols is 1. The van der Waals surface area contributed by atoms with E-state index in [0.717, 1.165) is 11.1 Å². The summed E-state index contributed by atoms with van der Waals surface area (Å²) >= 11 is 0. The maximum atomic E-state index is 12.1. The van der Waals surface area contributed by atoms with Crippen LogP contribution in [0.15, 0.2) is 53.6 Å². The highest BCUT2D eigenvalue weighted by Gasteiger charge is 2.15. The molecule has 0 aliphatic heterocycles. The van der Waals surface area contributed by atoms with Crippen molar-refractivity contribution in [1.82, 2.24) is 5.43 Å². The van der Waals surface area contributed by atoms with Crippen LogP contribution in [0.1, 0.15) is 48.7 Å². The van der Waals surface area contributed by atoms with E-state index in [-0.39, 0.29) is 23.4 Å². The van der Waals surface area contributed by atoms with Gasteiger partial charge in [0.2, 0.25) is 5.91 Å². The number of phenolic OH excluding ortho intramolecular Hbond substituents is 1. The van der Waals surface area contributed by atoms with Crippen molar-refractivity contribution in [2.24, 2.45) is 5.10 Å². The third kappa shape index (κ3) is 5.57. The van der Waals surface area contributed by atoms with Crippen molar-refractivity contribution < 1.29 is 14.7 Å². The summed E-state index contributed by atoms with van der Waals surface area (Å²) in [4.78, 5) is 24.0. The summed E-state index contributed by atoms with van der Waals surface area (Å²) in [6.07, 6.45) is 1.18. The first kappa shape index (κ1) is 18.4. The van der Waals surface area contributed by atoms with Crippen LogP contribution in [0, 0.1) is 0 Å². The molecule has 2 aromatic rings. The molecular weight excluding hydrogens is 316 g/mol. The second-order valence-electron chi connectivity index (χ2n) is 6.81. The molecule has 0 radical (unpaired) electrons. The number of rotatable bonds is 5. The molecule has 0 atom stereocenters. The van der Waals surface area contributed by atoms with Gasteiger partial charge >= 0.3 is 0 Å². The van der Waals surface area contributed by atoms with Crippen molar-refractivity contribution in [3.63, 3.8) is 0 Å². The fraction of sp³-hybridized carbons (Fsp3) is 0.250. The van der Waals surface area contributed by atoms with Crippen LogP contribution < -0.4 is 5.43 Å². The Morgan fingerprint density at radius 2 is 1.64 bits per heavy atom. The van der Waals surface area contributed by atoms with Gasteiger partial charge in [0.15, 0.2) is 5.78 Å². The van der Waals surface area contributed by atoms with Gasteiger partial charge in [-0.15, -0.1) is 0 Å². The first-order chi connectivity index (χ1) is 11.8. The van der Waals surface area contributed by atoms with E-state index in [2.05, 4.69) is 31.3 Å². The van der Waals surface area contributed by atoms with Gasteiger partial charge in [0.25, 0.3) is 0 Å². The van der Waals surface area contributed by atoms with Crippen molar-refractivity contribution in [3.05, 3.63) is 65.2 Å². The van der Waals surface area contributed by atoms with E-state index in [9.17, 15) is 14.7 Å². The molecule has 25 heavy (non-hydrogen) atoms. The van der Waals surface area contributed by atoms with E-state index >= 15 is 0 Å². The standard InChI is InChI=1S/C20H22N2O3/c1-20(2,3)16-8-6-15(7-9-16)18(24)12-19(25)22-21-13-14-4-10-17(23)11-5-14/h4-11,13,23H,12H2,1-3H3,(H,22,25)/b21-13+. The molecule has 5 nitrogen and oxygen atoms in total. The van der Waals surface area contributed by atoms with E-state index < -0.39 is 5.91 Å². The normalized spacial score (nSPS) is 11.5. The Morgan fingerprint density at radius 1 is 1.04 bits per heavy atom. The highest BCUT2D eigenvalue weighted by atomic mass is 16.3. The molecule has 0 heterocycles. The van der Waals surface area contributed by atoms with Crippen LogP contribution in [0.3, 0.4) is 0 Å². The largest absolute Gasteiger partial charge is 0.508 e. The van der Waals surface area contributed by atoms with E-state index in [1.165, 1.54) is 18.3 Å². The minimum atomic E-state index is -0.472. The van der Waals surface area contributed by atoms with E-state index in [1.54, 1.807) is 24.3 Å². The molecule has 0 unspecified atom stereocenters. The Kier molecular flexibility index (Phi) is 5.70. The van der Waals surface area contributed by atoms with E-state index in [1.807, 2.05) is 12.1 Å². The van der Waals surface area contributed by atoms with Gasteiger partial charge in [0.05, 0.1) is 12.6 Å². The quantitative estimate of drug-likeness (QED) is 0.379. The molecule has 0 fully saturated rings. The number of hydrogen-bond donors (Lipinski definition) is 2. The van der Waals surface area contributed by atoms with Crippen molar-refractivity contribution in [1.29, 1.82) is 0 Å². The number of carbonyl (C=O) groups is 2. The Balaban J connectivity index is 1.89. The number of nitrogens with one attached hydrogen (secondary N) is 1.